The largest absolute Gasteiger partial charge is 0.385 e. The number of anilines is 1. The van der Waals surface area contributed by atoms with Crippen molar-refractivity contribution in [3.8, 4) is 0 Å². The van der Waals surface area contributed by atoms with E-state index >= 15 is 0 Å². The van der Waals surface area contributed by atoms with Crippen LogP contribution in [0.25, 0.3) is 10.8 Å². The molecule has 2 aromatic heterocycles. The van der Waals surface area contributed by atoms with Crippen molar-refractivity contribution in [3.63, 3.8) is 0 Å². The number of nitrogens with two attached hydrogens (primary N) is 1. The molecule has 1 aromatic carbocycles. The van der Waals surface area contributed by atoms with E-state index in [1.54, 1.807) is 10.8 Å². The molecule has 2 heterocycles. The van der Waals surface area contributed by atoms with Gasteiger partial charge in [-0.2, -0.15) is 0 Å². The van der Waals surface area contributed by atoms with Crippen LogP contribution in [-0.4, -0.2) is 14.1 Å². The van der Waals surface area contributed by atoms with Gasteiger partial charge in [0.15, 0.2) is 0 Å². The predicted octanol–water partition coefficient (Wildman–Crippen LogP) is 1.56. The molecule has 0 saturated carbocycles. The zero-order chi connectivity index (χ0) is 14.1. The lowest BCUT2D eigenvalue weighted by atomic mass is 10.1. The first-order valence-electron chi connectivity index (χ1n) is 6.51. The summed E-state index contributed by atoms with van der Waals surface area (Å²) in [6.45, 7) is 0.528. The summed E-state index contributed by atoms with van der Waals surface area (Å²) in [6, 6.07) is 9.34. The van der Waals surface area contributed by atoms with Gasteiger partial charge in [-0.3, -0.25) is 9.36 Å². The van der Waals surface area contributed by atoms with Gasteiger partial charge >= 0.3 is 0 Å². The number of rotatable bonds is 3. The van der Waals surface area contributed by atoms with E-state index in [0.717, 1.165) is 11.2 Å². The minimum Gasteiger partial charge on any atom is -0.385 e. The van der Waals surface area contributed by atoms with Crippen LogP contribution in [-0.2, 0) is 20.0 Å². The second-order valence-electron chi connectivity index (χ2n) is 4.82. The van der Waals surface area contributed by atoms with E-state index in [1.165, 1.54) is 0 Å². The van der Waals surface area contributed by atoms with Crippen LogP contribution in [0.5, 0.6) is 0 Å². The monoisotopic (exact) mass is 268 g/mol. The summed E-state index contributed by atoms with van der Waals surface area (Å²) in [6.07, 6.45) is 4.32. The van der Waals surface area contributed by atoms with E-state index < -0.39 is 0 Å². The molecule has 0 bridgehead atoms. The second kappa shape index (κ2) is 4.85. The van der Waals surface area contributed by atoms with Crippen LogP contribution in [0.3, 0.4) is 0 Å². The highest BCUT2D eigenvalue weighted by atomic mass is 16.1. The standard InChI is InChI=1S/C15H16N4O/c1-18-9-7-17-14(18)6-8-19-13(16)10-11-4-2-3-5-12(11)15(19)20/h2-5,7,9-10H,6,8,16H2,1H3. The Morgan fingerprint density at radius 1 is 1.30 bits per heavy atom. The lowest BCUT2D eigenvalue weighted by Crippen LogP contribution is -2.24. The number of fused-ring (bicyclic) bond motifs is 1. The molecule has 0 fully saturated rings. The number of hydrogen-bond acceptors (Lipinski definition) is 3. The minimum atomic E-state index is -0.0465. The molecular weight excluding hydrogens is 252 g/mol. The Labute approximate surface area is 116 Å². The molecule has 0 unspecified atom stereocenters. The Balaban J connectivity index is 1.99. The summed E-state index contributed by atoms with van der Waals surface area (Å²) in [7, 11) is 1.94. The number of nitrogen functional groups attached to an aromatic ring is 1. The van der Waals surface area contributed by atoms with Crippen molar-refractivity contribution < 1.29 is 0 Å². The van der Waals surface area contributed by atoms with Crippen molar-refractivity contribution in [1.82, 2.24) is 14.1 Å². The van der Waals surface area contributed by atoms with Crippen LogP contribution >= 0.6 is 0 Å². The van der Waals surface area contributed by atoms with Gasteiger partial charge in [-0.25, -0.2) is 4.98 Å². The van der Waals surface area contributed by atoms with Crippen LogP contribution in [0.2, 0.25) is 0 Å². The van der Waals surface area contributed by atoms with Crippen molar-refractivity contribution in [3.05, 3.63) is 58.9 Å². The summed E-state index contributed by atoms with van der Waals surface area (Å²) >= 11 is 0. The van der Waals surface area contributed by atoms with E-state index in [4.69, 9.17) is 5.73 Å². The lowest BCUT2D eigenvalue weighted by molar-refractivity contribution is 0.643. The molecular formula is C15H16N4O. The molecule has 5 heteroatoms. The summed E-state index contributed by atoms with van der Waals surface area (Å²) in [4.78, 5) is 16.7. The minimum absolute atomic E-state index is 0.0465. The molecule has 5 nitrogen and oxygen atoms in total. The normalized spacial score (nSPS) is 11.1. The molecule has 0 amide bonds. The van der Waals surface area contributed by atoms with Crippen LogP contribution in [0.4, 0.5) is 5.82 Å². The molecule has 0 saturated heterocycles. The summed E-state index contributed by atoms with van der Waals surface area (Å²) in [5.74, 6) is 1.42. The average molecular weight is 268 g/mol. The van der Waals surface area contributed by atoms with Gasteiger partial charge < -0.3 is 10.3 Å². The van der Waals surface area contributed by atoms with Crippen molar-refractivity contribution in [2.75, 3.05) is 5.73 Å². The number of aromatic nitrogens is 3. The first kappa shape index (κ1) is 12.5. The third-order valence-corrected chi connectivity index (χ3v) is 3.53. The van der Waals surface area contributed by atoms with E-state index in [1.807, 2.05) is 48.1 Å². The van der Waals surface area contributed by atoms with Gasteiger partial charge in [0.25, 0.3) is 5.56 Å². The van der Waals surface area contributed by atoms with Gasteiger partial charge in [0.2, 0.25) is 0 Å². The predicted molar refractivity (Wildman–Crippen MR) is 79.5 cm³/mol. The Hall–Kier alpha value is -2.56. The summed E-state index contributed by atoms with van der Waals surface area (Å²) < 4.78 is 3.55. The van der Waals surface area contributed by atoms with Crippen molar-refractivity contribution >= 4 is 16.6 Å². The fraction of sp³-hybridized carbons (Fsp3) is 0.200. The van der Waals surface area contributed by atoms with Crippen LogP contribution in [0.1, 0.15) is 5.82 Å². The van der Waals surface area contributed by atoms with Crippen molar-refractivity contribution in [2.45, 2.75) is 13.0 Å². The maximum atomic E-state index is 12.4. The number of hydrogen-bond donors (Lipinski definition) is 1. The van der Waals surface area contributed by atoms with Gasteiger partial charge in [-0.1, -0.05) is 18.2 Å². The van der Waals surface area contributed by atoms with E-state index in [2.05, 4.69) is 4.98 Å². The fourth-order valence-corrected chi connectivity index (χ4v) is 2.40. The Morgan fingerprint density at radius 2 is 2.10 bits per heavy atom. The number of nitrogens with zero attached hydrogens (tertiary/aromatic N) is 3. The SMILES string of the molecule is Cn1ccnc1CCn1c(N)cc2ccccc2c1=O. The van der Waals surface area contributed by atoms with Crippen molar-refractivity contribution in [1.29, 1.82) is 0 Å². The highest BCUT2D eigenvalue weighted by Crippen LogP contribution is 2.13. The third-order valence-electron chi connectivity index (χ3n) is 3.53. The van der Waals surface area contributed by atoms with Crippen LogP contribution in [0, 0.1) is 0 Å². The lowest BCUT2D eigenvalue weighted by Gasteiger charge is -2.11. The second-order valence-corrected chi connectivity index (χ2v) is 4.82. The highest BCUT2D eigenvalue weighted by Gasteiger charge is 2.08. The van der Waals surface area contributed by atoms with Gasteiger partial charge in [0, 0.05) is 37.8 Å². The molecule has 0 aliphatic carbocycles. The molecule has 102 valence electrons. The first-order chi connectivity index (χ1) is 9.66. The maximum Gasteiger partial charge on any atom is 0.259 e. The molecule has 3 aromatic rings. The molecule has 0 spiro atoms. The zero-order valence-electron chi connectivity index (χ0n) is 11.3. The number of benzene rings is 1. The van der Waals surface area contributed by atoms with Crippen LogP contribution in [0.15, 0.2) is 47.5 Å². The zero-order valence-corrected chi connectivity index (χ0v) is 11.3. The van der Waals surface area contributed by atoms with Gasteiger partial charge in [-0.15, -0.1) is 0 Å². The Morgan fingerprint density at radius 3 is 2.85 bits per heavy atom. The van der Waals surface area contributed by atoms with E-state index in [0.29, 0.717) is 24.2 Å². The summed E-state index contributed by atoms with van der Waals surface area (Å²) in [5, 5.41) is 1.57. The first-order valence-corrected chi connectivity index (χ1v) is 6.51. The van der Waals surface area contributed by atoms with Crippen molar-refractivity contribution in [2.24, 2.45) is 7.05 Å². The van der Waals surface area contributed by atoms with Crippen LogP contribution < -0.4 is 11.3 Å². The maximum absolute atomic E-state index is 12.4. The topological polar surface area (TPSA) is 65.8 Å². The molecule has 0 radical (unpaired) electrons. The number of imidazole rings is 1. The van der Waals surface area contributed by atoms with E-state index in [9.17, 15) is 4.79 Å². The molecule has 20 heavy (non-hydrogen) atoms. The average Bonchev–Trinajstić information content (AvgIpc) is 2.84. The molecule has 2 N–H and O–H groups in total. The molecule has 0 atom stereocenters. The molecule has 3 rings (SSSR count). The smallest absolute Gasteiger partial charge is 0.259 e. The number of pyridine rings is 1. The summed E-state index contributed by atoms with van der Waals surface area (Å²) in [5.41, 5.74) is 5.95. The Bertz CT molecular complexity index is 816. The molecule has 0 aliphatic rings. The van der Waals surface area contributed by atoms with Gasteiger partial charge in [0.1, 0.15) is 11.6 Å². The quantitative estimate of drug-likeness (QED) is 0.784. The number of aryl methyl sites for hydroxylation is 2. The fourth-order valence-electron chi connectivity index (χ4n) is 2.40. The highest BCUT2D eigenvalue weighted by molar-refractivity contribution is 5.83. The third kappa shape index (κ3) is 2.07. The van der Waals surface area contributed by atoms with Gasteiger partial charge in [0.05, 0.1) is 0 Å². The molecule has 0 aliphatic heterocycles. The van der Waals surface area contributed by atoms with Gasteiger partial charge in [-0.05, 0) is 17.5 Å². The Kier molecular flexibility index (Phi) is 3.02. The van der Waals surface area contributed by atoms with E-state index in [-0.39, 0.29) is 5.56 Å².